The van der Waals surface area contributed by atoms with E-state index in [2.05, 4.69) is 48.5 Å². The van der Waals surface area contributed by atoms with Crippen molar-refractivity contribution in [3.63, 3.8) is 0 Å². The molecule has 0 bridgehead atoms. The van der Waals surface area contributed by atoms with Gasteiger partial charge in [-0.05, 0) is 10.8 Å². The second-order valence-electron chi connectivity index (χ2n) is 2.35. The van der Waals surface area contributed by atoms with Gasteiger partial charge in [0, 0.05) is 1.43 Å². The summed E-state index contributed by atoms with van der Waals surface area (Å²) in [6.07, 6.45) is 0. The van der Waals surface area contributed by atoms with Gasteiger partial charge in [0.05, 0.1) is 0 Å². The van der Waals surface area contributed by atoms with Gasteiger partial charge in [-0.25, -0.2) is 0 Å². The third-order valence-electron chi connectivity index (χ3n) is 1.66. The van der Waals surface area contributed by atoms with Crippen molar-refractivity contribution in [2.45, 2.75) is 0 Å². The smallest absolute Gasteiger partial charge is 0 e. The number of hydrogen-bond donors (Lipinski definition) is 0. The Labute approximate surface area is 61.6 Å². The molecule has 0 radical (unpaired) electrons. The Balaban J connectivity index is 0.000000605. The van der Waals surface area contributed by atoms with E-state index in [1.807, 2.05) is 0 Å². The molecule has 0 heteroatoms. The van der Waals surface area contributed by atoms with E-state index in [1.54, 1.807) is 0 Å². The van der Waals surface area contributed by atoms with Crippen molar-refractivity contribution in [1.29, 1.82) is 0 Å². The number of hydrogen-bond acceptors (Lipinski definition) is 0. The van der Waals surface area contributed by atoms with Crippen molar-refractivity contribution in [2.75, 3.05) is 0 Å². The van der Waals surface area contributed by atoms with Crippen molar-refractivity contribution in [1.82, 2.24) is 0 Å². The fraction of sp³-hybridized carbons (Fsp3) is 0. The van der Waals surface area contributed by atoms with Crippen LogP contribution in [0.5, 0.6) is 0 Å². The Morgan fingerprint density at radius 3 is 1.20 bits per heavy atom. The molecule has 0 nitrogen and oxygen atoms in total. The van der Waals surface area contributed by atoms with Gasteiger partial charge >= 0.3 is 0 Å². The van der Waals surface area contributed by atoms with E-state index in [-0.39, 0.29) is 1.43 Å². The van der Waals surface area contributed by atoms with E-state index in [9.17, 15) is 0 Å². The lowest BCUT2D eigenvalue weighted by molar-refractivity contribution is 1.75. The zero-order chi connectivity index (χ0) is 6.81. The zero-order valence-corrected chi connectivity index (χ0v) is 5.62. The maximum Gasteiger partial charge on any atom is 0 e. The van der Waals surface area contributed by atoms with Gasteiger partial charge in [-0.15, -0.1) is 0 Å². The van der Waals surface area contributed by atoms with Crippen LogP contribution in [0.25, 0.3) is 10.8 Å². The third kappa shape index (κ3) is 0.781. The van der Waals surface area contributed by atoms with E-state index in [4.69, 9.17) is 0 Å². The lowest BCUT2D eigenvalue weighted by atomic mass is 10.1. The second kappa shape index (κ2) is 2.14. The van der Waals surface area contributed by atoms with Crippen LogP contribution < -0.4 is 0 Å². The maximum absolute atomic E-state index is 2.12. The highest BCUT2D eigenvalue weighted by Crippen LogP contribution is 2.11. The first-order valence-electron chi connectivity index (χ1n) is 3.40. The quantitative estimate of drug-likeness (QED) is 0.514. The molecule has 2 aromatic carbocycles. The average Bonchev–Trinajstić information content (AvgIpc) is 2.05. The molecule has 0 aliphatic rings. The molecule has 50 valence electrons. The molecular formula is C10H10. The number of benzene rings is 2. The van der Waals surface area contributed by atoms with E-state index in [0.29, 0.717) is 0 Å². The highest BCUT2D eigenvalue weighted by molar-refractivity contribution is 5.81. The Morgan fingerprint density at radius 2 is 0.900 bits per heavy atom. The van der Waals surface area contributed by atoms with E-state index in [0.717, 1.165) is 0 Å². The summed E-state index contributed by atoms with van der Waals surface area (Å²) in [6.45, 7) is 0. The van der Waals surface area contributed by atoms with Gasteiger partial charge in [0.1, 0.15) is 0 Å². The highest BCUT2D eigenvalue weighted by atomic mass is 13.9. The van der Waals surface area contributed by atoms with Crippen molar-refractivity contribution in [3.8, 4) is 0 Å². The van der Waals surface area contributed by atoms with Crippen molar-refractivity contribution in [3.05, 3.63) is 48.5 Å². The summed E-state index contributed by atoms with van der Waals surface area (Å²) in [5.41, 5.74) is 0. The van der Waals surface area contributed by atoms with Crippen LogP contribution >= 0.6 is 0 Å². The first-order chi connectivity index (χ1) is 4.97. The van der Waals surface area contributed by atoms with Crippen LogP contribution in [-0.2, 0) is 0 Å². The van der Waals surface area contributed by atoms with Crippen molar-refractivity contribution >= 4 is 10.8 Å². The SMILES string of the molecule is [HH].c1ccc2ccccc2c1. The van der Waals surface area contributed by atoms with Gasteiger partial charge in [-0.1, -0.05) is 48.5 Å². The molecule has 10 heavy (non-hydrogen) atoms. The minimum absolute atomic E-state index is 0. The fourth-order valence-corrected chi connectivity index (χ4v) is 1.13. The minimum Gasteiger partial charge on any atom is -0.0616 e. The van der Waals surface area contributed by atoms with E-state index in [1.165, 1.54) is 10.8 Å². The third-order valence-corrected chi connectivity index (χ3v) is 1.66. The van der Waals surface area contributed by atoms with Gasteiger partial charge in [0.15, 0.2) is 0 Å². The average molecular weight is 130 g/mol. The molecule has 0 aromatic heterocycles. The van der Waals surface area contributed by atoms with E-state index < -0.39 is 0 Å². The molecule has 0 atom stereocenters. The summed E-state index contributed by atoms with van der Waals surface area (Å²) in [6, 6.07) is 16.7. The largest absolute Gasteiger partial charge is 0.0616 e. The molecule has 0 saturated carbocycles. The lowest BCUT2D eigenvalue weighted by Crippen LogP contribution is -1.67. The van der Waals surface area contributed by atoms with Gasteiger partial charge < -0.3 is 0 Å². The molecule has 2 aromatic rings. The summed E-state index contributed by atoms with van der Waals surface area (Å²) in [4.78, 5) is 0. The normalized spacial score (nSPS) is 10.0. The predicted octanol–water partition coefficient (Wildman–Crippen LogP) is 3.09. The number of rotatable bonds is 0. The molecule has 0 heterocycles. The molecule has 0 unspecified atom stereocenters. The fourth-order valence-electron chi connectivity index (χ4n) is 1.13. The molecule has 0 fully saturated rings. The van der Waals surface area contributed by atoms with Crippen LogP contribution in [0.3, 0.4) is 0 Å². The van der Waals surface area contributed by atoms with Crippen molar-refractivity contribution < 1.29 is 1.43 Å². The Bertz CT molecular complexity index is 276. The Morgan fingerprint density at radius 1 is 0.600 bits per heavy atom. The maximum atomic E-state index is 2.12. The van der Waals surface area contributed by atoms with Gasteiger partial charge in [0.2, 0.25) is 0 Å². The van der Waals surface area contributed by atoms with Gasteiger partial charge in [0.25, 0.3) is 0 Å². The molecule has 0 amide bonds. The van der Waals surface area contributed by atoms with Crippen LogP contribution in [-0.4, -0.2) is 0 Å². The summed E-state index contributed by atoms with van der Waals surface area (Å²) < 4.78 is 0. The van der Waals surface area contributed by atoms with Crippen molar-refractivity contribution in [2.24, 2.45) is 0 Å². The molecule has 0 aliphatic carbocycles. The van der Waals surface area contributed by atoms with Gasteiger partial charge in [-0.3, -0.25) is 0 Å². The Hall–Kier alpha value is -1.30. The van der Waals surface area contributed by atoms with Crippen LogP contribution in [0, 0.1) is 0 Å². The summed E-state index contributed by atoms with van der Waals surface area (Å²) in [5.74, 6) is 0. The number of fused-ring (bicyclic) bond motifs is 1. The molecule has 0 spiro atoms. The van der Waals surface area contributed by atoms with Crippen LogP contribution in [0.15, 0.2) is 48.5 Å². The van der Waals surface area contributed by atoms with Gasteiger partial charge in [-0.2, -0.15) is 0 Å². The summed E-state index contributed by atoms with van der Waals surface area (Å²) >= 11 is 0. The second-order valence-corrected chi connectivity index (χ2v) is 2.35. The highest BCUT2D eigenvalue weighted by Gasteiger charge is 1.85. The molecule has 2 rings (SSSR count). The predicted molar refractivity (Wildman–Crippen MR) is 46.1 cm³/mol. The van der Waals surface area contributed by atoms with Crippen LogP contribution in [0.2, 0.25) is 0 Å². The minimum atomic E-state index is 0. The first-order valence-corrected chi connectivity index (χ1v) is 3.40. The standard InChI is InChI=1S/C10H8.H2/c1-2-6-10-8-4-3-7-9(10)5-1;/h1-8H;1H. The monoisotopic (exact) mass is 130 g/mol. The summed E-state index contributed by atoms with van der Waals surface area (Å²) in [7, 11) is 0. The zero-order valence-electron chi connectivity index (χ0n) is 5.62. The molecule has 0 saturated heterocycles. The Kier molecular flexibility index (Phi) is 1.17. The molecular weight excluding hydrogens is 120 g/mol. The molecule has 0 N–H and O–H groups in total. The molecule has 0 aliphatic heterocycles. The topological polar surface area (TPSA) is 0 Å². The first kappa shape index (κ1) is 5.48. The summed E-state index contributed by atoms with van der Waals surface area (Å²) in [5, 5.41) is 2.62. The van der Waals surface area contributed by atoms with Crippen LogP contribution in [0.4, 0.5) is 0 Å². The van der Waals surface area contributed by atoms with Crippen LogP contribution in [0.1, 0.15) is 1.43 Å². The lowest BCUT2D eigenvalue weighted by Gasteiger charge is -1.92. The van der Waals surface area contributed by atoms with E-state index >= 15 is 0 Å².